The Balaban J connectivity index is 1.80. The van der Waals surface area contributed by atoms with Crippen LogP contribution in [0.2, 0.25) is 5.02 Å². The van der Waals surface area contributed by atoms with Gasteiger partial charge in [0.2, 0.25) is 0 Å². The van der Waals surface area contributed by atoms with Gasteiger partial charge in [-0.05, 0) is 25.2 Å². The first-order chi connectivity index (χ1) is 12.2. The number of rotatable bonds is 3. The summed E-state index contributed by atoms with van der Waals surface area (Å²) in [6, 6.07) is 16.5. The maximum absolute atomic E-state index is 6.10. The van der Waals surface area contributed by atoms with Crippen molar-refractivity contribution in [3.63, 3.8) is 0 Å². The average Bonchev–Trinajstić information content (AvgIpc) is 3.14. The van der Waals surface area contributed by atoms with Gasteiger partial charge in [0.25, 0.3) is 0 Å². The summed E-state index contributed by atoms with van der Waals surface area (Å²) in [4.78, 5) is 4.84. The summed E-state index contributed by atoms with van der Waals surface area (Å²) in [5.74, 6) is 0. The topological polar surface area (TPSA) is 18.8 Å². The van der Waals surface area contributed by atoms with Gasteiger partial charge < -0.3 is 9.80 Å². The van der Waals surface area contributed by atoms with Gasteiger partial charge in [-0.3, -0.25) is 0 Å². The summed E-state index contributed by atoms with van der Waals surface area (Å²) in [7, 11) is 2.18. The molecular weight excluding hydrogens is 332 g/mol. The number of piperazine rings is 1. The van der Waals surface area contributed by atoms with Crippen LogP contribution in [0.15, 0.2) is 65.9 Å². The summed E-state index contributed by atoms with van der Waals surface area (Å²) in [5.41, 5.74) is 3.49. The molecule has 128 valence electrons. The smallest absolute Gasteiger partial charge is 0.192 e. The van der Waals surface area contributed by atoms with Gasteiger partial charge in [-0.15, -0.1) is 4.59 Å². The first kappa shape index (κ1) is 16.3. The Morgan fingerprint density at radius 1 is 0.960 bits per heavy atom. The number of hydrogen-bond acceptors (Lipinski definition) is 3. The molecule has 4 nitrogen and oxygen atoms in total. The number of allylic oxidation sites excluding steroid dienone is 1. The zero-order valence-corrected chi connectivity index (χ0v) is 15.1. The van der Waals surface area contributed by atoms with Crippen molar-refractivity contribution in [2.75, 3.05) is 38.1 Å². The fourth-order valence-corrected chi connectivity index (χ4v) is 3.64. The van der Waals surface area contributed by atoms with E-state index in [0.717, 1.165) is 36.9 Å². The van der Waals surface area contributed by atoms with Crippen LogP contribution in [0.1, 0.15) is 0 Å². The zero-order valence-electron chi connectivity index (χ0n) is 14.3. The molecule has 1 saturated heterocycles. The second-order valence-corrected chi connectivity index (χ2v) is 6.98. The van der Waals surface area contributed by atoms with E-state index in [1.165, 1.54) is 11.4 Å². The summed E-state index contributed by atoms with van der Waals surface area (Å²) in [5, 5.41) is 5.57. The van der Waals surface area contributed by atoms with Crippen molar-refractivity contribution in [3.8, 4) is 0 Å². The van der Waals surface area contributed by atoms with Gasteiger partial charge in [0.1, 0.15) is 11.9 Å². The van der Waals surface area contributed by atoms with Gasteiger partial charge in [-0.25, -0.2) is 0 Å². The van der Waals surface area contributed by atoms with Gasteiger partial charge in [0, 0.05) is 55.5 Å². The number of halogens is 1. The molecule has 0 saturated carbocycles. The predicted molar refractivity (Wildman–Crippen MR) is 107 cm³/mol. The van der Waals surface area contributed by atoms with Gasteiger partial charge in [-0.2, -0.15) is 0 Å². The second kappa shape index (κ2) is 6.64. The highest BCUT2D eigenvalue weighted by Crippen LogP contribution is 2.43. The molecule has 2 heterocycles. The maximum Gasteiger partial charge on any atom is 0.192 e. The molecule has 0 N–H and O–H groups in total. The molecule has 1 atom stereocenters. The predicted octanol–water partition coefficient (Wildman–Crippen LogP) is 4.24. The van der Waals surface area contributed by atoms with Crippen molar-refractivity contribution in [1.82, 2.24) is 9.49 Å². The highest BCUT2D eigenvalue weighted by atomic mass is 35.5. The minimum atomic E-state index is 0.347. The van der Waals surface area contributed by atoms with Crippen molar-refractivity contribution in [1.29, 1.82) is 0 Å². The van der Waals surface area contributed by atoms with Crippen LogP contribution in [0.25, 0.3) is 0 Å². The quantitative estimate of drug-likeness (QED) is 0.768. The van der Waals surface area contributed by atoms with Gasteiger partial charge in [0.05, 0.1) is 6.21 Å². The van der Waals surface area contributed by atoms with Crippen molar-refractivity contribution < 1.29 is 0 Å². The molecule has 0 aliphatic carbocycles. The molecule has 2 aliphatic rings. The maximum atomic E-state index is 6.10. The zero-order chi connectivity index (χ0) is 17.3. The van der Waals surface area contributed by atoms with Crippen LogP contribution in [0.3, 0.4) is 0 Å². The molecule has 2 aromatic rings. The third-order valence-corrected chi connectivity index (χ3v) is 5.20. The van der Waals surface area contributed by atoms with Crippen LogP contribution >= 0.6 is 11.6 Å². The van der Waals surface area contributed by atoms with Crippen molar-refractivity contribution in [3.05, 3.63) is 65.8 Å². The Hall–Kier alpha value is -2.14. The molecule has 1 fully saturated rings. The lowest BCUT2D eigenvalue weighted by molar-refractivity contribution is 0.312. The minimum absolute atomic E-state index is 0.347. The van der Waals surface area contributed by atoms with Crippen LogP contribution in [0, 0.1) is 0 Å². The van der Waals surface area contributed by atoms with E-state index in [-0.39, 0.29) is 0 Å². The monoisotopic (exact) mass is 353 g/mol. The van der Waals surface area contributed by atoms with Gasteiger partial charge in [-0.1, -0.05) is 28.8 Å². The normalized spacial score (nSPS) is 23.4. The standard InChI is InChI=1S/C20H22ClN4/c1-23-12-14-24(15-13-23)19-5-2-3-6-20(19)25(16-4-11-22-25)18-9-7-17(21)8-10-18/h2-11,16H,12-15H2,1H3/q+1. The summed E-state index contributed by atoms with van der Waals surface area (Å²) >= 11 is 6.10. The highest BCUT2D eigenvalue weighted by Gasteiger charge is 2.37. The molecule has 0 spiro atoms. The molecule has 0 radical (unpaired) electrons. The number of likely N-dealkylation sites (N-methyl/N-ethyl adjacent to an activating group) is 1. The fraction of sp³-hybridized carbons (Fsp3) is 0.250. The Labute approximate surface area is 153 Å². The van der Waals surface area contributed by atoms with E-state index in [2.05, 4.69) is 59.4 Å². The first-order valence-corrected chi connectivity index (χ1v) is 8.98. The Morgan fingerprint density at radius 3 is 2.36 bits per heavy atom. The largest absolute Gasteiger partial charge is 0.364 e. The lowest BCUT2D eigenvalue weighted by atomic mass is 10.1. The molecule has 1 unspecified atom stereocenters. The minimum Gasteiger partial charge on any atom is -0.364 e. The van der Waals surface area contributed by atoms with Crippen LogP contribution in [0.4, 0.5) is 17.1 Å². The third-order valence-electron chi connectivity index (χ3n) is 4.95. The number of benzene rings is 2. The number of para-hydroxylation sites is 2. The lowest BCUT2D eigenvalue weighted by Crippen LogP contribution is -2.45. The Morgan fingerprint density at radius 2 is 1.68 bits per heavy atom. The van der Waals surface area contributed by atoms with Crippen LogP contribution < -0.4 is 9.49 Å². The van der Waals surface area contributed by atoms with Crippen LogP contribution in [0.5, 0.6) is 0 Å². The lowest BCUT2D eigenvalue weighted by Gasteiger charge is -2.36. The summed E-state index contributed by atoms with van der Waals surface area (Å²) in [6.07, 6.45) is 6.00. The molecule has 0 aromatic heterocycles. The first-order valence-electron chi connectivity index (χ1n) is 8.60. The molecule has 25 heavy (non-hydrogen) atoms. The third kappa shape index (κ3) is 2.97. The van der Waals surface area contributed by atoms with E-state index in [4.69, 9.17) is 16.7 Å². The van der Waals surface area contributed by atoms with E-state index >= 15 is 0 Å². The van der Waals surface area contributed by atoms with Crippen LogP contribution in [-0.2, 0) is 0 Å². The van der Waals surface area contributed by atoms with Gasteiger partial charge >= 0.3 is 0 Å². The Kier molecular flexibility index (Phi) is 4.34. The van der Waals surface area contributed by atoms with E-state index in [0.29, 0.717) is 4.59 Å². The van der Waals surface area contributed by atoms with E-state index in [1.54, 1.807) is 0 Å². The SMILES string of the molecule is CN1CCN(c2ccccc2[N+]2(c3ccc(Cl)cc3)C=CC=N2)CC1. The van der Waals surface area contributed by atoms with Crippen molar-refractivity contribution >= 4 is 34.9 Å². The van der Waals surface area contributed by atoms with E-state index in [1.807, 2.05) is 24.4 Å². The number of quaternary nitrogens is 1. The van der Waals surface area contributed by atoms with E-state index in [9.17, 15) is 0 Å². The molecule has 4 rings (SSSR count). The molecule has 5 heteroatoms. The number of anilines is 1. The number of nitrogens with zero attached hydrogens (tertiary/aromatic N) is 4. The molecule has 2 aliphatic heterocycles. The van der Waals surface area contributed by atoms with E-state index < -0.39 is 0 Å². The van der Waals surface area contributed by atoms with Crippen LogP contribution in [-0.4, -0.2) is 44.3 Å². The number of hydrogen-bond donors (Lipinski definition) is 0. The van der Waals surface area contributed by atoms with Gasteiger partial charge in [0.15, 0.2) is 11.4 Å². The second-order valence-electron chi connectivity index (χ2n) is 6.55. The van der Waals surface area contributed by atoms with Crippen molar-refractivity contribution in [2.45, 2.75) is 0 Å². The molecule has 0 amide bonds. The fourth-order valence-electron chi connectivity index (χ4n) is 3.52. The highest BCUT2D eigenvalue weighted by molar-refractivity contribution is 6.30. The molecule has 2 aromatic carbocycles. The van der Waals surface area contributed by atoms with Crippen molar-refractivity contribution in [2.24, 2.45) is 5.10 Å². The molecule has 0 bridgehead atoms. The average molecular weight is 354 g/mol. The molecular formula is C20H22ClN4+. The summed E-state index contributed by atoms with van der Waals surface area (Å²) in [6.45, 7) is 4.21. The summed E-state index contributed by atoms with van der Waals surface area (Å²) < 4.78 is 0.347. The Bertz CT molecular complexity index is 793.